The first-order chi connectivity index (χ1) is 6.77. The summed E-state index contributed by atoms with van der Waals surface area (Å²) in [6.45, 7) is 1.75. The molecular weight excluding hydrogens is 186 g/mol. The number of aromatic amines is 1. The van der Waals surface area contributed by atoms with Crippen molar-refractivity contribution in [3.63, 3.8) is 0 Å². The summed E-state index contributed by atoms with van der Waals surface area (Å²) in [4.78, 5) is 21.8. The highest BCUT2D eigenvalue weighted by Crippen LogP contribution is 2.01. The van der Waals surface area contributed by atoms with Gasteiger partial charge in [0.15, 0.2) is 5.78 Å². The number of carbonyl (C=O) groups is 1. The summed E-state index contributed by atoms with van der Waals surface area (Å²) in [6, 6.07) is -0.551. The van der Waals surface area contributed by atoms with Crippen LogP contribution in [0.25, 0.3) is 0 Å². The quantitative estimate of drug-likeness (QED) is 0.453. The van der Waals surface area contributed by atoms with E-state index in [1.165, 1.54) is 6.33 Å². The van der Waals surface area contributed by atoms with Gasteiger partial charge in [-0.05, 0) is 0 Å². The Morgan fingerprint density at radius 3 is 3.14 bits per heavy atom. The van der Waals surface area contributed by atoms with E-state index in [0.717, 1.165) is 5.69 Å². The van der Waals surface area contributed by atoms with E-state index < -0.39 is 6.04 Å². The average Bonchev–Trinajstić information content (AvgIpc) is 2.68. The Kier molecular flexibility index (Phi) is 4.24. The molecule has 0 aliphatic carbocycles. The molecule has 0 bridgehead atoms. The van der Waals surface area contributed by atoms with Gasteiger partial charge in [0.2, 0.25) is 0 Å². The number of nitrogens with one attached hydrogen (secondary N) is 2. The fourth-order valence-corrected chi connectivity index (χ4v) is 1.15. The van der Waals surface area contributed by atoms with E-state index in [4.69, 9.17) is 5.26 Å². The molecule has 0 aliphatic rings. The SMILES string of the molecule is CCC(=O)[C@H](Cc1cnc[nH]1)NOO. The van der Waals surface area contributed by atoms with E-state index in [1.807, 2.05) is 0 Å². The third-order valence-electron chi connectivity index (χ3n) is 1.91. The summed E-state index contributed by atoms with van der Waals surface area (Å²) in [5.41, 5.74) is 3.04. The standard InChI is InChI=1S/C8H13N3O3/c1-2-8(12)7(11-14-13)3-6-4-9-5-10-6/h4-5,7,11,13H,2-3H2,1H3,(H,9,10)/t7-/m0/s1. The van der Waals surface area contributed by atoms with Crippen LogP contribution in [0.4, 0.5) is 0 Å². The molecule has 0 fully saturated rings. The summed E-state index contributed by atoms with van der Waals surface area (Å²) >= 11 is 0. The number of aromatic nitrogens is 2. The lowest BCUT2D eigenvalue weighted by molar-refractivity contribution is -0.297. The lowest BCUT2D eigenvalue weighted by Crippen LogP contribution is -2.37. The van der Waals surface area contributed by atoms with Crippen molar-refractivity contribution in [2.24, 2.45) is 0 Å². The van der Waals surface area contributed by atoms with Crippen LogP contribution in [0.15, 0.2) is 12.5 Å². The van der Waals surface area contributed by atoms with E-state index >= 15 is 0 Å². The van der Waals surface area contributed by atoms with Gasteiger partial charge in [0, 0.05) is 24.7 Å². The predicted molar refractivity (Wildman–Crippen MR) is 48.2 cm³/mol. The lowest BCUT2D eigenvalue weighted by atomic mass is 10.1. The van der Waals surface area contributed by atoms with E-state index in [9.17, 15) is 4.79 Å². The number of hydrogen-bond acceptors (Lipinski definition) is 5. The number of nitrogens with zero attached hydrogens (tertiary/aromatic N) is 1. The molecule has 1 aromatic heterocycles. The van der Waals surface area contributed by atoms with Crippen LogP contribution in [0.5, 0.6) is 0 Å². The molecule has 1 heterocycles. The second-order valence-electron chi connectivity index (χ2n) is 2.86. The Morgan fingerprint density at radius 2 is 2.64 bits per heavy atom. The molecule has 0 unspecified atom stereocenters. The van der Waals surface area contributed by atoms with E-state index in [0.29, 0.717) is 12.8 Å². The molecule has 0 aliphatic heterocycles. The highest BCUT2D eigenvalue weighted by atomic mass is 17.2. The zero-order valence-corrected chi connectivity index (χ0v) is 7.86. The Hall–Kier alpha value is -1.24. The van der Waals surface area contributed by atoms with E-state index in [2.05, 4.69) is 20.4 Å². The monoisotopic (exact) mass is 199 g/mol. The molecule has 1 rings (SSSR count). The molecule has 3 N–H and O–H groups in total. The van der Waals surface area contributed by atoms with Crippen molar-refractivity contribution in [2.45, 2.75) is 25.8 Å². The predicted octanol–water partition coefficient (Wildman–Crippen LogP) is 0.294. The van der Waals surface area contributed by atoms with Crippen LogP contribution in [-0.4, -0.2) is 27.1 Å². The van der Waals surface area contributed by atoms with Crippen molar-refractivity contribution in [3.8, 4) is 0 Å². The summed E-state index contributed by atoms with van der Waals surface area (Å²) in [5, 5.41) is 8.22. The highest BCUT2D eigenvalue weighted by Gasteiger charge is 2.17. The molecule has 0 aromatic carbocycles. The molecule has 14 heavy (non-hydrogen) atoms. The molecule has 1 aromatic rings. The second kappa shape index (κ2) is 5.48. The van der Waals surface area contributed by atoms with Gasteiger partial charge >= 0.3 is 0 Å². The van der Waals surface area contributed by atoms with Gasteiger partial charge < -0.3 is 4.98 Å². The molecule has 6 nitrogen and oxygen atoms in total. The third-order valence-corrected chi connectivity index (χ3v) is 1.91. The van der Waals surface area contributed by atoms with Crippen LogP contribution in [-0.2, 0) is 16.2 Å². The van der Waals surface area contributed by atoms with Crippen LogP contribution >= 0.6 is 0 Å². The minimum absolute atomic E-state index is 0.0337. The molecule has 6 heteroatoms. The maximum atomic E-state index is 11.3. The number of hydrogen-bond donors (Lipinski definition) is 3. The van der Waals surface area contributed by atoms with Gasteiger partial charge in [-0.25, -0.2) is 10.2 Å². The van der Waals surface area contributed by atoms with Crippen LogP contribution in [0, 0.1) is 0 Å². The van der Waals surface area contributed by atoms with Crippen molar-refractivity contribution in [1.29, 1.82) is 0 Å². The van der Waals surface area contributed by atoms with Crippen LogP contribution < -0.4 is 5.48 Å². The third kappa shape index (κ3) is 2.91. The number of imidazole rings is 1. The number of Topliss-reactive ketones (excluding diaryl/α,β-unsaturated/α-hetero) is 1. The Balaban J connectivity index is 2.55. The molecule has 1 atom stereocenters. The summed E-state index contributed by atoms with van der Waals surface area (Å²) in [6.07, 6.45) is 3.94. The van der Waals surface area contributed by atoms with Gasteiger partial charge in [-0.3, -0.25) is 4.79 Å². The summed E-state index contributed by atoms with van der Waals surface area (Å²) in [5.74, 6) is -0.0337. The summed E-state index contributed by atoms with van der Waals surface area (Å²) in [7, 11) is 0. The van der Waals surface area contributed by atoms with Crippen molar-refractivity contribution < 1.29 is 15.0 Å². The number of hydroxylamine groups is 1. The zero-order valence-electron chi connectivity index (χ0n) is 7.86. The Morgan fingerprint density at radius 1 is 1.86 bits per heavy atom. The number of ketones is 1. The molecule has 0 saturated heterocycles. The fourth-order valence-electron chi connectivity index (χ4n) is 1.15. The van der Waals surface area contributed by atoms with Gasteiger partial charge in [-0.1, -0.05) is 6.92 Å². The molecule has 78 valence electrons. The largest absolute Gasteiger partial charge is 0.348 e. The van der Waals surface area contributed by atoms with Crippen molar-refractivity contribution in [3.05, 3.63) is 18.2 Å². The smallest absolute Gasteiger partial charge is 0.152 e. The minimum Gasteiger partial charge on any atom is -0.348 e. The highest BCUT2D eigenvalue weighted by molar-refractivity contribution is 5.83. The average molecular weight is 199 g/mol. The normalized spacial score (nSPS) is 12.7. The first-order valence-corrected chi connectivity index (χ1v) is 4.33. The first kappa shape index (κ1) is 10.8. The van der Waals surface area contributed by atoms with Crippen LogP contribution in [0.2, 0.25) is 0 Å². The number of rotatable bonds is 6. The molecule has 0 amide bonds. The molecule has 0 radical (unpaired) electrons. The fraction of sp³-hybridized carbons (Fsp3) is 0.500. The Bertz CT molecular complexity index is 273. The maximum Gasteiger partial charge on any atom is 0.152 e. The lowest BCUT2D eigenvalue weighted by Gasteiger charge is -2.12. The van der Waals surface area contributed by atoms with Crippen molar-refractivity contribution >= 4 is 5.78 Å². The molecule has 0 saturated carbocycles. The van der Waals surface area contributed by atoms with E-state index in [1.54, 1.807) is 13.1 Å². The van der Waals surface area contributed by atoms with Crippen molar-refractivity contribution in [2.75, 3.05) is 0 Å². The Labute approximate surface area is 81.2 Å². The van der Waals surface area contributed by atoms with Gasteiger partial charge in [-0.2, -0.15) is 5.48 Å². The van der Waals surface area contributed by atoms with Gasteiger partial charge in [-0.15, -0.1) is 4.99 Å². The summed E-state index contributed by atoms with van der Waals surface area (Å²) < 4.78 is 0. The topological polar surface area (TPSA) is 87.2 Å². The van der Waals surface area contributed by atoms with Crippen molar-refractivity contribution in [1.82, 2.24) is 15.4 Å². The molecular formula is C8H13N3O3. The van der Waals surface area contributed by atoms with Crippen LogP contribution in [0.3, 0.4) is 0 Å². The van der Waals surface area contributed by atoms with Gasteiger partial charge in [0.1, 0.15) is 0 Å². The molecule has 0 spiro atoms. The number of H-pyrrole nitrogens is 1. The van der Waals surface area contributed by atoms with Gasteiger partial charge in [0.05, 0.1) is 12.4 Å². The van der Waals surface area contributed by atoms with Crippen LogP contribution in [0.1, 0.15) is 19.0 Å². The maximum absolute atomic E-state index is 11.3. The second-order valence-corrected chi connectivity index (χ2v) is 2.86. The van der Waals surface area contributed by atoms with E-state index in [-0.39, 0.29) is 5.78 Å². The first-order valence-electron chi connectivity index (χ1n) is 4.33. The zero-order chi connectivity index (χ0) is 10.4. The number of carbonyl (C=O) groups excluding carboxylic acids is 1. The van der Waals surface area contributed by atoms with Gasteiger partial charge in [0.25, 0.3) is 0 Å². The minimum atomic E-state index is -0.551.